The average molecular weight is 319 g/mol. The van der Waals surface area contributed by atoms with E-state index in [1.807, 2.05) is 25.1 Å². The minimum absolute atomic E-state index is 0.849. The zero-order chi connectivity index (χ0) is 16.5. The van der Waals surface area contributed by atoms with E-state index in [0.717, 1.165) is 28.8 Å². The summed E-state index contributed by atoms with van der Waals surface area (Å²) < 4.78 is 0. The standard InChI is InChI=1S/C21H21NS/c1-3-4-5-6-18-7-9-19(10-8-18)11-12-20-13-14-21(22-16-23)17(2)15-20/h7-10,13-15H,3-6H2,1-2H3. The molecule has 2 heteroatoms. The second kappa shape index (κ2) is 9.06. The maximum atomic E-state index is 4.64. The Labute approximate surface area is 144 Å². The molecule has 1 nitrogen and oxygen atoms in total. The molecule has 0 radical (unpaired) electrons. The first-order chi connectivity index (χ1) is 11.2. The van der Waals surface area contributed by atoms with Crippen LogP contribution in [-0.4, -0.2) is 5.16 Å². The summed E-state index contributed by atoms with van der Waals surface area (Å²) in [6, 6.07) is 14.5. The Bertz CT molecular complexity index is 757. The molecule has 0 saturated heterocycles. The van der Waals surface area contributed by atoms with E-state index in [1.54, 1.807) is 0 Å². The minimum atomic E-state index is 0.849. The lowest BCUT2D eigenvalue weighted by atomic mass is 10.1. The Balaban J connectivity index is 2.06. The zero-order valence-electron chi connectivity index (χ0n) is 13.7. The Hall–Kier alpha value is -2.20. The van der Waals surface area contributed by atoms with Gasteiger partial charge in [-0.05, 0) is 73.4 Å². The topological polar surface area (TPSA) is 12.4 Å². The molecule has 0 atom stereocenters. The number of isothiocyanates is 1. The summed E-state index contributed by atoms with van der Waals surface area (Å²) >= 11 is 4.64. The number of thiocarbonyl (C=S) groups is 1. The Kier molecular flexibility index (Phi) is 6.76. The molecule has 0 heterocycles. The molecule has 0 amide bonds. The van der Waals surface area contributed by atoms with Crippen molar-refractivity contribution in [2.75, 3.05) is 0 Å². The molecular weight excluding hydrogens is 298 g/mol. The van der Waals surface area contributed by atoms with Crippen LogP contribution in [0.25, 0.3) is 0 Å². The Morgan fingerprint density at radius 3 is 2.30 bits per heavy atom. The van der Waals surface area contributed by atoms with Crippen molar-refractivity contribution in [3.05, 3.63) is 64.7 Å². The number of hydrogen-bond donors (Lipinski definition) is 0. The second-order valence-electron chi connectivity index (χ2n) is 5.61. The average Bonchev–Trinajstić information content (AvgIpc) is 2.57. The van der Waals surface area contributed by atoms with Gasteiger partial charge in [-0.1, -0.05) is 43.7 Å². The van der Waals surface area contributed by atoms with Gasteiger partial charge in [-0.3, -0.25) is 0 Å². The van der Waals surface area contributed by atoms with E-state index in [9.17, 15) is 0 Å². The number of hydrogen-bond acceptors (Lipinski definition) is 2. The van der Waals surface area contributed by atoms with Crippen molar-refractivity contribution in [2.45, 2.75) is 39.5 Å². The number of aryl methyl sites for hydroxylation is 2. The molecule has 0 aliphatic carbocycles. The van der Waals surface area contributed by atoms with Gasteiger partial charge in [0.25, 0.3) is 0 Å². The number of unbranched alkanes of at least 4 members (excludes halogenated alkanes) is 2. The fraction of sp³-hybridized carbons (Fsp3) is 0.286. The van der Waals surface area contributed by atoms with Gasteiger partial charge in [-0.25, -0.2) is 0 Å². The highest BCUT2D eigenvalue weighted by Crippen LogP contribution is 2.18. The quantitative estimate of drug-likeness (QED) is 0.291. The highest BCUT2D eigenvalue weighted by atomic mass is 32.1. The van der Waals surface area contributed by atoms with Crippen molar-refractivity contribution in [2.24, 2.45) is 4.99 Å². The predicted octanol–water partition coefficient (Wildman–Crippen LogP) is 5.86. The first-order valence-corrected chi connectivity index (χ1v) is 8.43. The molecule has 0 aromatic heterocycles. The molecule has 0 spiro atoms. The smallest absolute Gasteiger partial charge is 0.0769 e. The highest BCUT2D eigenvalue weighted by molar-refractivity contribution is 7.78. The van der Waals surface area contributed by atoms with Crippen molar-refractivity contribution in [1.82, 2.24) is 0 Å². The maximum Gasteiger partial charge on any atom is 0.0769 e. The van der Waals surface area contributed by atoms with Crippen molar-refractivity contribution < 1.29 is 0 Å². The van der Waals surface area contributed by atoms with Crippen molar-refractivity contribution in [3.8, 4) is 11.8 Å². The van der Waals surface area contributed by atoms with Crippen LogP contribution < -0.4 is 0 Å². The van der Waals surface area contributed by atoms with Crippen molar-refractivity contribution in [1.29, 1.82) is 0 Å². The molecule has 0 bridgehead atoms. The largest absolute Gasteiger partial charge is 0.194 e. The summed E-state index contributed by atoms with van der Waals surface area (Å²) in [7, 11) is 0. The van der Waals surface area contributed by atoms with Crippen LogP contribution in [0.3, 0.4) is 0 Å². The van der Waals surface area contributed by atoms with E-state index in [1.165, 1.54) is 24.8 Å². The molecule has 116 valence electrons. The zero-order valence-corrected chi connectivity index (χ0v) is 14.5. The van der Waals surface area contributed by atoms with E-state index in [-0.39, 0.29) is 0 Å². The predicted molar refractivity (Wildman–Crippen MR) is 102 cm³/mol. The summed E-state index contributed by atoms with van der Waals surface area (Å²) in [6.45, 7) is 4.23. The summed E-state index contributed by atoms with van der Waals surface area (Å²) in [5, 5.41) is 2.40. The molecule has 0 N–H and O–H groups in total. The summed E-state index contributed by atoms with van der Waals surface area (Å²) in [6.07, 6.45) is 4.97. The van der Waals surface area contributed by atoms with Gasteiger partial charge in [0.1, 0.15) is 0 Å². The molecule has 0 fully saturated rings. The van der Waals surface area contributed by atoms with Crippen LogP contribution in [0.5, 0.6) is 0 Å². The van der Waals surface area contributed by atoms with Gasteiger partial charge in [0.15, 0.2) is 0 Å². The van der Waals surface area contributed by atoms with E-state index in [4.69, 9.17) is 0 Å². The molecule has 2 aromatic carbocycles. The van der Waals surface area contributed by atoms with E-state index in [2.05, 4.69) is 65.4 Å². The number of rotatable bonds is 5. The highest BCUT2D eigenvalue weighted by Gasteiger charge is 1.97. The molecule has 2 rings (SSSR count). The third kappa shape index (κ3) is 5.49. The van der Waals surface area contributed by atoms with Gasteiger partial charge >= 0.3 is 0 Å². The Morgan fingerprint density at radius 2 is 1.65 bits per heavy atom. The van der Waals surface area contributed by atoms with Crippen LogP contribution in [0.1, 0.15) is 48.4 Å². The van der Waals surface area contributed by atoms with E-state index in [0.29, 0.717) is 0 Å². The first-order valence-electron chi connectivity index (χ1n) is 8.02. The van der Waals surface area contributed by atoms with Crippen LogP contribution in [0, 0.1) is 18.8 Å². The molecule has 23 heavy (non-hydrogen) atoms. The maximum absolute atomic E-state index is 4.64. The lowest BCUT2D eigenvalue weighted by molar-refractivity contribution is 0.717. The molecule has 0 aliphatic heterocycles. The number of nitrogens with zero attached hydrogens (tertiary/aromatic N) is 1. The minimum Gasteiger partial charge on any atom is -0.194 e. The SMILES string of the molecule is CCCCCc1ccc(C#Cc2ccc(N=C=S)c(C)c2)cc1. The normalized spacial score (nSPS) is 9.65. The Morgan fingerprint density at radius 1 is 0.957 bits per heavy atom. The number of benzene rings is 2. The first kappa shape index (κ1) is 17.2. The fourth-order valence-corrected chi connectivity index (χ4v) is 2.48. The van der Waals surface area contributed by atoms with Crippen LogP contribution >= 0.6 is 12.2 Å². The molecule has 2 aromatic rings. The summed E-state index contributed by atoms with van der Waals surface area (Å²) in [4.78, 5) is 4.02. The molecule has 0 aliphatic rings. The van der Waals surface area contributed by atoms with E-state index >= 15 is 0 Å². The fourth-order valence-electron chi connectivity index (χ4n) is 2.39. The van der Waals surface area contributed by atoms with Gasteiger partial charge in [0, 0.05) is 11.1 Å². The lowest BCUT2D eigenvalue weighted by Gasteiger charge is -2.00. The van der Waals surface area contributed by atoms with Crippen LogP contribution in [0.15, 0.2) is 47.5 Å². The molecule has 0 saturated carbocycles. The second-order valence-corrected chi connectivity index (χ2v) is 5.79. The number of aliphatic imine (C=N–C) groups is 1. The van der Waals surface area contributed by atoms with Crippen LogP contribution in [0.2, 0.25) is 0 Å². The third-order valence-corrected chi connectivity index (χ3v) is 3.83. The van der Waals surface area contributed by atoms with Crippen LogP contribution in [0.4, 0.5) is 5.69 Å². The molecule has 0 unspecified atom stereocenters. The lowest BCUT2D eigenvalue weighted by Crippen LogP contribution is -1.85. The van der Waals surface area contributed by atoms with Gasteiger partial charge in [0.2, 0.25) is 0 Å². The van der Waals surface area contributed by atoms with Crippen molar-refractivity contribution in [3.63, 3.8) is 0 Å². The van der Waals surface area contributed by atoms with Crippen molar-refractivity contribution >= 4 is 23.1 Å². The van der Waals surface area contributed by atoms with Gasteiger partial charge < -0.3 is 0 Å². The van der Waals surface area contributed by atoms with Gasteiger partial charge in [-0.2, -0.15) is 4.99 Å². The van der Waals surface area contributed by atoms with Gasteiger partial charge in [0.05, 0.1) is 10.8 Å². The summed E-state index contributed by atoms with van der Waals surface area (Å²) in [5.41, 5.74) is 5.32. The van der Waals surface area contributed by atoms with Crippen LogP contribution in [-0.2, 0) is 6.42 Å². The van der Waals surface area contributed by atoms with Gasteiger partial charge in [-0.15, -0.1) is 0 Å². The summed E-state index contributed by atoms with van der Waals surface area (Å²) in [5.74, 6) is 6.42. The third-order valence-electron chi connectivity index (χ3n) is 3.74. The monoisotopic (exact) mass is 319 g/mol. The van der Waals surface area contributed by atoms with E-state index < -0.39 is 0 Å². The molecular formula is C21H21NS.